The van der Waals surface area contributed by atoms with Crippen molar-refractivity contribution in [2.45, 2.75) is 26.3 Å². The zero-order valence-electron chi connectivity index (χ0n) is 9.14. The summed E-state index contributed by atoms with van der Waals surface area (Å²) in [6.45, 7) is 4.14. The summed E-state index contributed by atoms with van der Waals surface area (Å²) in [6, 6.07) is -0.207. The van der Waals surface area contributed by atoms with E-state index >= 15 is 0 Å². The molecule has 3 N–H and O–H groups in total. The fourth-order valence-electron chi connectivity index (χ4n) is 1.91. The van der Waals surface area contributed by atoms with E-state index in [1.165, 1.54) is 0 Å². The van der Waals surface area contributed by atoms with E-state index in [1.54, 1.807) is 4.90 Å². The Morgan fingerprint density at radius 1 is 1.67 bits per heavy atom. The van der Waals surface area contributed by atoms with Crippen LogP contribution in [0.5, 0.6) is 0 Å². The van der Waals surface area contributed by atoms with Crippen molar-refractivity contribution in [3.8, 4) is 0 Å². The minimum Gasteiger partial charge on any atom is -0.394 e. The maximum absolute atomic E-state index is 11.6. The third-order valence-electron chi connectivity index (χ3n) is 2.92. The Morgan fingerprint density at radius 3 is 2.60 bits per heavy atom. The predicted octanol–water partition coefficient (Wildman–Crippen LogP) is -0.663. The van der Waals surface area contributed by atoms with Gasteiger partial charge in [0.2, 0.25) is 11.8 Å². The highest BCUT2D eigenvalue weighted by molar-refractivity contribution is 5.88. The molecule has 5 nitrogen and oxygen atoms in total. The van der Waals surface area contributed by atoms with Gasteiger partial charge in [0.05, 0.1) is 18.6 Å². The van der Waals surface area contributed by atoms with Crippen LogP contribution in [0.1, 0.15) is 20.3 Å². The molecule has 0 bridgehead atoms. The van der Waals surface area contributed by atoms with E-state index in [4.69, 9.17) is 5.73 Å². The molecule has 5 heteroatoms. The van der Waals surface area contributed by atoms with Gasteiger partial charge < -0.3 is 15.7 Å². The molecule has 1 aliphatic heterocycles. The van der Waals surface area contributed by atoms with Crippen LogP contribution in [0.25, 0.3) is 0 Å². The van der Waals surface area contributed by atoms with Gasteiger partial charge in [-0.25, -0.2) is 0 Å². The van der Waals surface area contributed by atoms with Crippen LogP contribution in [0.15, 0.2) is 0 Å². The van der Waals surface area contributed by atoms with Crippen LogP contribution in [0.3, 0.4) is 0 Å². The van der Waals surface area contributed by atoms with Gasteiger partial charge in [0.1, 0.15) is 0 Å². The van der Waals surface area contributed by atoms with Gasteiger partial charge in [-0.2, -0.15) is 0 Å². The van der Waals surface area contributed by atoms with Crippen LogP contribution >= 0.6 is 0 Å². The molecule has 0 spiro atoms. The van der Waals surface area contributed by atoms with Crippen LogP contribution in [0.4, 0.5) is 0 Å². The summed E-state index contributed by atoms with van der Waals surface area (Å²) in [6.07, 6.45) is 0.179. The molecule has 0 aliphatic carbocycles. The highest BCUT2D eigenvalue weighted by atomic mass is 16.3. The second-order valence-corrected chi connectivity index (χ2v) is 4.34. The third-order valence-corrected chi connectivity index (χ3v) is 2.92. The number of aliphatic hydroxyl groups is 1. The monoisotopic (exact) mass is 214 g/mol. The Hall–Kier alpha value is -1.10. The predicted molar refractivity (Wildman–Crippen MR) is 54.7 cm³/mol. The minimum atomic E-state index is -0.439. The van der Waals surface area contributed by atoms with E-state index in [2.05, 4.69) is 0 Å². The van der Waals surface area contributed by atoms with Gasteiger partial charge in [-0.1, -0.05) is 13.8 Å². The lowest BCUT2D eigenvalue weighted by atomic mass is 10.0. The molecule has 15 heavy (non-hydrogen) atoms. The number of rotatable bonds is 4. The Kier molecular flexibility index (Phi) is 3.68. The number of aliphatic hydroxyl groups excluding tert-OH is 1. The molecule has 0 aromatic rings. The van der Waals surface area contributed by atoms with Crippen molar-refractivity contribution in [2.75, 3.05) is 13.2 Å². The molecule has 2 atom stereocenters. The average molecular weight is 214 g/mol. The Morgan fingerprint density at radius 2 is 2.27 bits per heavy atom. The van der Waals surface area contributed by atoms with Crippen LogP contribution in [-0.2, 0) is 9.59 Å². The van der Waals surface area contributed by atoms with Crippen molar-refractivity contribution in [2.24, 2.45) is 17.6 Å². The first-order valence-corrected chi connectivity index (χ1v) is 5.17. The van der Waals surface area contributed by atoms with Crippen LogP contribution in [0.2, 0.25) is 0 Å². The summed E-state index contributed by atoms with van der Waals surface area (Å²) in [5, 5.41) is 9.19. The zero-order chi connectivity index (χ0) is 11.6. The summed E-state index contributed by atoms with van der Waals surface area (Å²) in [5.41, 5.74) is 5.16. The van der Waals surface area contributed by atoms with Crippen molar-refractivity contribution in [1.82, 2.24) is 4.90 Å². The van der Waals surface area contributed by atoms with E-state index in [0.29, 0.717) is 6.54 Å². The molecule has 1 unspecified atom stereocenters. The topological polar surface area (TPSA) is 83.6 Å². The molecule has 1 heterocycles. The summed E-state index contributed by atoms with van der Waals surface area (Å²) >= 11 is 0. The minimum absolute atomic E-state index is 0.0745. The highest BCUT2D eigenvalue weighted by Crippen LogP contribution is 2.22. The van der Waals surface area contributed by atoms with Crippen LogP contribution < -0.4 is 5.73 Å². The molecular weight excluding hydrogens is 196 g/mol. The van der Waals surface area contributed by atoms with E-state index in [-0.39, 0.29) is 30.9 Å². The molecule has 0 saturated carbocycles. The number of nitrogens with two attached hydrogens (primary N) is 1. The number of nitrogens with zero attached hydrogens (tertiary/aromatic N) is 1. The number of primary amides is 1. The normalized spacial score (nSPS) is 23.6. The van der Waals surface area contributed by atoms with Gasteiger partial charge in [-0.3, -0.25) is 9.59 Å². The second kappa shape index (κ2) is 4.61. The lowest BCUT2D eigenvalue weighted by Crippen LogP contribution is -2.43. The zero-order valence-corrected chi connectivity index (χ0v) is 9.14. The summed E-state index contributed by atoms with van der Waals surface area (Å²) < 4.78 is 0. The van der Waals surface area contributed by atoms with E-state index in [9.17, 15) is 14.7 Å². The number of amides is 2. The smallest absolute Gasteiger partial charge is 0.223 e. The maximum Gasteiger partial charge on any atom is 0.223 e. The first kappa shape index (κ1) is 12.0. The van der Waals surface area contributed by atoms with Crippen LogP contribution in [0, 0.1) is 11.8 Å². The fourth-order valence-corrected chi connectivity index (χ4v) is 1.91. The number of hydrogen-bond donors (Lipinski definition) is 2. The lowest BCUT2D eigenvalue weighted by Gasteiger charge is -2.29. The Bertz CT molecular complexity index is 265. The average Bonchev–Trinajstić information content (AvgIpc) is 2.49. The van der Waals surface area contributed by atoms with E-state index < -0.39 is 11.8 Å². The molecule has 2 amide bonds. The molecule has 1 aliphatic rings. The first-order valence-electron chi connectivity index (χ1n) is 5.17. The number of hydrogen-bond acceptors (Lipinski definition) is 3. The number of likely N-dealkylation sites (tertiary alicyclic amines) is 1. The number of carbonyl (C=O) groups excluding carboxylic acids is 2. The van der Waals surface area contributed by atoms with Gasteiger partial charge in [-0.15, -0.1) is 0 Å². The quantitative estimate of drug-likeness (QED) is 0.651. The standard InChI is InChI=1S/C10H18N2O3/c1-6(2)8(5-13)12-4-7(10(11)15)3-9(12)14/h6-8,13H,3-5H2,1-2H3,(H2,11,15)/t7?,8-/m1/s1. The highest BCUT2D eigenvalue weighted by Gasteiger charge is 2.37. The summed E-state index contributed by atoms with van der Waals surface area (Å²) in [7, 11) is 0. The lowest BCUT2D eigenvalue weighted by molar-refractivity contribution is -0.131. The molecule has 0 aromatic carbocycles. The Labute approximate surface area is 89.2 Å². The summed E-state index contributed by atoms with van der Waals surface area (Å²) in [5.74, 6) is -0.756. The van der Waals surface area contributed by atoms with Gasteiger partial charge in [0.15, 0.2) is 0 Å². The summed E-state index contributed by atoms with van der Waals surface area (Å²) in [4.78, 5) is 24.1. The molecule has 1 saturated heterocycles. The molecule has 86 valence electrons. The maximum atomic E-state index is 11.6. The molecular formula is C10H18N2O3. The fraction of sp³-hybridized carbons (Fsp3) is 0.800. The first-order chi connectivity index (χ1) is 6.97. The van der Waals surface area contributed by atoms with Crippen molar-refractivity contribution in [1.29, 1.82) is 0 Å². The molecule has 0 radical (unpaired) electrons. The second-order valence-electron chi connectivity index (χ2n) is 4.34. The van der Waals surface area contributed by atoms with Gasteiger partial charge in [0.25, 0.3) is 0 Å². The Balaban J connectivity index is 2.71. The van der Waals surface area contributed by atoms with Crippen molar-refractivity contribution in [3.05, 3.63) is 0 Å². The van der Waals surface area contributed by atoms with Crippen molar-refractivity contribution in [3.63, 3.8) is 0 Å². The van der Waals surface area contributed by atoms with Gasteiger partial charge in [-0.05, 0) is 5.92 Å². The number of carbonyl (C=O) groups is 2. The SMILES string of the molecule is CC(C)[C@@H](CO)N1CC(C(N)=O)CC1=O. The molecule has 1 fully saturated rings. The molecule has 1 rings (SSSR count). The third kappa shape index (κ3) is 2.47. The van der Waals surface area contributed by atoms with Crippen molar-refractivity contribution >= 4 is 11.8 Å². The van der Waals surface area contributed by atoms with Gasteiger partial charge >= 0.3 is 0 Å². The largest absolute Gasteiger partial charge is 0.394 e. The van der Waals surface area contributed by atoms with Crippen LogP contribution in [-0.4, -0.2) is 41.0 Å². The molecule has 0 aromatic heterocycles. The van der Waals surface area contributed by atoms with Crippen molar-refractivity contribution < 1.29 is 14.7 Å². The van der Waals surface area contributed by atoms with E-state index in [1.807, 2.05) is 13.8 Å². The van der Waals surface area contributed by atoms with E-state index in [0.717, 1.165) is 0 Å². The van der Waals surface area contributed by atoms with Gasteiger partial charge in [0, 0.05) is 13.0 Å².